The SMILES string of the molecule is CC/C=C\C/C=C\C/C=C\CCCCC(=O)OCC(COC(=O)CCCCCCCCC/C=C\CCCCCCCCCC)OC(=O)CCCC/C=C\C/C=C\C/C=C\CC. The number of allylic oxidation sites excluding steroid dienone is 14. The summed E-state index contributed by atoms with van der Waals surface area (Å²) in [6, 6.07) is 0. The van der Waals surface area contributed by atoms with Crippen LogP contribution in [0.2, 0.25) is 0 Å². The van der Waals surface area contributed by atoms with E-state index >= 15 is 0 Å². The molecule has 0 spiro atoms. The lowest BCUT2D eigenvalue weighted by atomic mass is 10.1. The maximum absolute atomic E-state index is 12.7. The number of carbonyl (C=O) groups excluding carboxylic acids is 3. The van der Waals surface area contributed by atoms with Gasteiger partial charge in [0.1, 0.15) is 13.2 Å². The Kier molecular flexibility index (Phi) is 46.5. The molecule has 6 nitrogen and oxygen atoms in total. The summed E-state index contributed by atoms with van der Waals surface area (Å²) >= 11 is 0. The monoisotopic (exact) mass is 849 g/mol. The van der Waals surface area contributed by atoms with Crippen molar-refractivity contribution < 1.29 is 28.6 Å². The summed E-state index contributed by atoms with van der Waals surface area (Å²) in [5.41, 5.74) is 0. The van der Waals surface area contributed by atoms with Crippen LogP contribution < -0.4 is 0 Å². The van der Waals surface area contributed by atoms with Gasteiger partial charge in [0.25, 0.3) is 0 Å². The fraction of sp³-hybridized carbons (Fsp3) is 0.691. The van der Waals surface area contributed by atoms with E-state index in [9.17, 15) is 14.4 Å². The minimum atomic E-state index is -0.812. The van der Waals surface area contributed by atoms with Gasteiger partial charge in [0, 0.05) is 19.3 Å². The van der Waals surface area contributed by atoms with E-state index in [1.807, 2.05) is 0 Å². The second-order valence-electron chi connectivity index (χ2n) is 16.3. The molecule has 0 fully saturated rings. The highest BCUT2D eigenvalue weighted by Crippen LogP contribution is 2.13. The predicted molar refractivity (Wildman–Crippen MR) is 261 cm³/mol. The molecule has 0 aromatic rings. The van der Waals surface area contributed by atoms with Crippen molar-refractivity contribution in [2.45, 2.75) is 232 Å². The van der Waals surface area contributed by atoms with Gasteiger partial charge >= 0.3 is 17.9 Å². The lowest BCUT2D eigenvalue weighted by Crippen LogP contribution is -2.30. The first kappa shape index (κ1) is 57.6. The Hall–Kier alpha value is -3.41. The van der Waals surface area contributed by atoms with E-state index < -0.39 is 6.10 Å². The molecule has 0 saturated heterocycles. The van der Waals surface area contributed by atoms with Gasteiger partial charge in [-0.1, -0.05) is 183 Å². The van der Waals surface area contributed by atoms with Crippen molar-refractivity contribution in [2.24, 2.45) is 0 Å². The van der Waals surface area contributed by atoms with Crippen molar-refractivity contribution in [3.05, 3.63) is 85.1 Å². The lowest BCUT2D eigenvalue weighted by molar-refractivity contribution is -0.167. The van der Waals surface area contributed by atoms with E-state index in [0.717, 1.165) is 89.9 Å². The second-order valence-corrected chi connectivity index (χ2v) is 16.3. The summed E-state index contributed by atoms with van der Waals surface area (Å²) < 4.78 is 16.7. The van der Waals surface area contributed by atoms with Crippen LogP contribution in [-0.4, -0.2) is 37.2 Å². The average Bonchev–Trinajstić information content (AvgIpc) is 3.26. The van der Waals surface area contributed by atoms with E-state index in [0.29, 0.717) is 19.3 Å². The van der Waals surface area contributed by atoms with E-state index in [1.165, 1.54) is 89.9 Å². The molecule has 0 aromatic carbocycles. The standard InChI is InChI=1S/C55H92O6/c1-4-7-10-13-16-19-22-25-26-27-28-29-30-31-34-36-39-42-45-48-54(57)60-51-52(61-55(58)49-46-43-40-37-33-24-21-18-15-12-9-6-3)50-59-53(56)47-44-41-38-35-32-23-20-17-14-11-8-5-2/h8-9,11-12,17-18,20-21,27-28,32-33,35,37,52H,4-7,10,13-16,19,22-26,29-31,34,36,38-51H2,1-3H3/b11-8-,12-9-,20-17-,21-18-,28-27-,35-32-,37-33-. The highest BCUT2D eigenvalue weighted by Gasteiger charge is 2.19. The van der Waals surface area contributed by atoms with Crippen molar-refractivity contribution in [1.29, 1.82) is 0 Å². The summed E-state index contributed by atoms with van der Waals surface area (Å²) in [7, 11) is 0. The van der Waals surface area contributed by atoms with Gasteiger partial charge in [-0.3, -0.25) is 14.4 Å². The van der Waals surface area contributed by atoms with Gasteiger partial charge in [-0.25, -0.2) is 0 Å². The van der Waals surface area contributed by atoms with Crippen molar-refractivity contribution in [3.63, 3.8) is 0 Å². The van der Waals surface area contributed by atoms with Crippen molar-refractivity contribution in [2.75, 3.05) is 13.2 Å². The first-order valence-corrected chi connectivity index (χ1v) is 25.1. The third-order valence-corrected chi connectivity index (χ3v) is 10.4. The van der Waals surface area contributed by atoms with Gasteiger partial charge in [0.15, 0.2) is 6.10 Å². The minimum Gasteiger partial charge on any atom is -0.462 e. The Morgan fingerprint density at radius 3 is 1.05 bits per heavy atom. The number of hydrogen-bond acceptors (Lipinski definition) is 6. The van der Waals surface area contributed by atoms with Gasteiger partial charge < -0.3 is 14.2 Å². The first-order valence-electron chi connectivity index (χ1n) is 25.1. The Morgan fingerprint density at radius 1 is 0.344 bits per heavy atom. The van der Waals surface area contributed by atoms with Crippen LogP contribution in [0.25, 0.3) is 0 Å². The third-order valence-electron chi connectivity index (χ3n) is 10.4. The number of esters is 3. The highest BCUT2D eigenvalue weighted by molar-refractivity contribution is 5.71. The zero-order valence-corrected chi connectivity index (χ0v) is 39.7. The van der Waals surface area contributed by atoms with Crippen LogP contribution in [0, 0.1) is 0 Å². The molecular formula is C55H92O6. The molecule has 0 rings (SSSR count). The third kappa shape index (κ3) is 47.5. The van der Waals surface area contributed by atoms with Gasteiger partial charge in [0.05, 0.1) is 0 Å². The van der Waals surface area contributed by atoms with E-state index in [1.54, 1.807) is 0 Å². The molecule has 0 saturated carbocycles. The molecule has 0 heterocycles. The van der Waals surface area contributed by atoms with Gasteiger partial charge in [-0.05, 0) is 109 Å². The summed E-state index contributed by atoms with van der Waals surface area (Å²) in [6.45, 7) is 6.32. The quantitative estimate of drug-likeness (QED) is 0.0263. The second kappa shape index (κ2) is 49.2. The summed E-state index contributed by atoms with van der Waals surface area (Å²) in [6.07, 6.45) is 63.0. The molecule has 0 aliphatic carbocycles. The van der Waals surface area contributed by atoms with Gasteiger partial charge in [-0.2, -0.15) is 0 Å². The zero-order valence-electron chi connectivity index (χ0n) is 39.7. The smallest absolute Gasteiger partial charge is 0.306 e. The fourth-order valence-electron chi connectivity index (χ4n) is 6.64. The zero-order chi connectivity index (χ0) is 44.4. The summed E-state index contributed by atoms with van der Waals surface area (Å²) in [4.78, 5) is 37.8. The normalized spacial score (nSPS) is 12.8. The van der Waals surface area contributed by atoms with Gasteiger partial charge in [0.2, 0.25) is 0 Å². The van der Waals surface area contributed by atoms with Crippen LogP contribution in [0.4, 0.5) is 0 Å². The number of rotatable bonds is 44. The number of unbranched alkanes of at least 4 members (excludes halogenated alkanes) is 19. The summed E-state index contributed by atoms with van der Waals surface area (Å²) in [5, 5.41) is 0. The molecule has 61 heavy (non-hydrogen) atoms. The van der Waals surface area contributed by atoms with Crippen LogP contribution in [0.5, 0.6) is 0 Å². The Morgan fingerprint density at radius 2 is 0.639 bits per heavy atom. The van der Waals surface area contributed by atoms with Crippen molar-refractivity contribution >= 4 is 17.9 Å². The van der Waals surface area contributed by atoms with E-state index in [4.69, 9.17) is 14.2 Å². The molecule has 0 aliphatic heterocycles. The summed E-state index contributed by atoms with van der Waals surface area (Å²) in [5.74, 6) is -0.996. The Balaban J connectivity index is 4.41. The fourth-order valence-corrected chi connectivity index (χ4v) is 6.64. The number of hydrogen-bond donors (Lipinski definition) is 0. The van der Waals surface area contributed by atoms with Crippen LogP contribution in [0.1, 0.15) is 226 Å². The maximum atomic E-state index is 12.7. The maximum Gasteiger partial charge on any atom is 0.306 e. The molecule has 0 radical (unpaired) electrons. The van der Waals surface area contributed by atoms with Crippen molar-refractivity contribution in [3.8, 4) is 0 Å². The van der Waals surface area contributed by atoms with E-state index in [-0.39, 0.29) is 37.5 Å². The molecular weight excluding hydrogens is 757 g/mol. The molecule has 1 atom stereocenters. The largest absolute Gasteiger partial charge is 0.462 e. The molecule has 0 bridgehead atoms. The van der Waals surface area contributed by atoms with Gasteiger partial charge in [-0.15, -0.1) is 0 Å². The predicted octanol–water partition coefficient (Wildman–Crippen LogP) is 16.4. The number of carbonyl (C=O) groups is 3. The molecule has 0 amide bonds. The van der Waals surface area contributed by atoms with Crippen molar-refractivity contribution in [1.82, 2.24) is 0 Å². The average molecular weight is 849 g/mol. The molecule has 348 valence electrons. The Bertz CT molecular complexity index is 1200. The molecule has 0 aliphatic rings. The molecule has 0 aromatic heterocycles. The molecule has 0 N–H and O–H groups in total. The highest BCUT2D eigenvalue weighted by atomic mass is 16.6. The lowest BCUT2D eigenvalue weighted by Gasteiger charge is -2.18. The molecule has 1 unspecified atom stereocenters. The Labute approximate surface area is 375 Å². The van der Waals surface area contributed by atoms with Crippen LogP contribution in [-0.2, 0) is 28.6 Å². The number of ether oxygens (including phenoxy) is 3. The topological polar surface area (TPSA) is 78.9 Å². The van der Waals surface area contributed by atoms with Crippen LogP contribution in [0.15, 0.2) is 85.1 Å². The minimum absolute atomic E-state index is 0.107. The molecule has 6 heteroatoms. The van der Waals surface area contributed by atoms with Crippen LogP contribution in [0.3, 0.4) is 0 Å². The van der Waals surface area contributed by atoms with Crippen LogP contribution >= 0.6 is 0 Å². The first-order chi connectivity index (χ1) is 30.0. The van der Waals surface area contributed by atoms with E-state index in [2.05, 4.69) is 106 Å².